The highest BCUT2D eigenvalue weighted by Gasteiger charge is 2.39. The molecule has 5 nitrogen and oxygen atoms in total. The summed E-state index contributed by atoms with van der Waals surface area (Å²) in [7, 11) is 0. The summed E-state index contributed by atoms with van der Waals surface area (Å²) in [6, 6.07) is 2.63. The van der Waals surface area contributed by atoms with E-state index in [0.717, 1.165) is 13.2 Å². The molecule has 0 aromatic rings. The Morgan fingerprint density at radius 3 is 2.20 bits per heavy atom. The molecule has 0 aliphatic carbocycles. The van der Waals surface area contributed by atoms with Crippen molar-refractivity contribution in [3.8, 4) is 0 Å². The molecule has 0 unspecified atom stereocenters. The average molecular weight is 353 g/mol. The van der Waals surface area contributed by atoms with Crippen molar-refractivity contribution in [2.75, 3.05) is 59.0 Å². The highest BCUT2D eigenvalue weighted by atomic mass is 16.5. The van der Waals surface area contributed by atoms with E-state index in [4.69, 9.17) is 4.74 Å². The van der Waals surface area contributed by atoms with Crippen LogP contribution in [0.15, 0.2) is 0 Å². The number of rotatable bonds is 5. The predicted octanol–water partition coefficient (Wildman–Crippen LogP) is 1.58. The molecule has 3 saturated heterocycles. The Balaban J connectivity index is 1.53. The van der Waals surface area contributed by atoms with E-state index >= 15 is 0 Å². The van der Waals surface area contributed by atoms with E-state index in [0.29, 0.717) is 24.2 Å². The molecule has 3 aliphatic rings. The van der Waals surface area contributed by atoms with Gasteiger partial charge in [0, 0.05) is 69.5 Å². The minimum absolute atomic E-state index is 0.241. The van der Waals surface area contributed by atoms with E-state index < -0.39 is 0 Å². The SMILES string of the molecule is CC(C)N1CCN(CC(C)(C)N2CCN(C3COC3)[C@@H](C)C2)[C@H](C)C1. The van der Waals surface area contributed by atoms with Gasteiger partial charge in [-0.1, -0.05) is 0 Å². The Hall–Kier alpha value is -0.200. The molecule has 0 spiro atoms. The first-order valence-electron chi connectivity index (χ1n) is 10.3. The van der Waals surface area contributed by atoms with Crippen LogP contribution in [0.25, 0.3) is 0 Å². The minimum Gasteiger partial charge on any atom is -0.378 e. The highest BCUT2D eigenvalue weighted by Crippen LogP contribution is 2.25. The van der Waals surface area contributed by atoms with Gasteiger partial charge in [-0.15, -0.1) is 0 Å². The van der Waals surface area contributed by atoms with E-state index in [9.17, 15) is 0 Å². The van der Waals surface area contributed by atoms with Gasteiger partial charge in [0.2, 0.25) is 0 Å². The van der Waals surface area contributed by atoms with E-state index in [-0.39, 0.29) is 5.54 Å². The van der Waals surface area contributed by atoms with Crippen LogP contribution in [-0.2, 0) is 4.74 Å². The van der Waals surface area contributed by atoms with Gasteiger partial charge < -0.3 is 4.74 Å². The molecule has 0 N–H and O–H groups in total. The quantitative estimate of drug-likeness (QED) is 0.747. The van der Waals surface area contributed by atoms with Crippen molar-refractivity contribution < 1.29 is 4.74 Å². The summed E-state index contributed by atoms with van der Waals surface area (Å²) in [6.45, 7) is 24.6. The molecule has 3 aliphatic heterocycles. The van der Waals surface area contributed by atoms with Crippen molar-refractivity contribution in [2.45, 2.75) is 71.2 Å². The molecule has 0 saturated carbocycles. The second-order valence-electron chi connectivity index (χ2n) is 9.44. The lowest BCUT2D eigenvalue weighted by Gasteiger charge is -2.52. The van der Waals surface area contributed by atoms with Crippen LogP contribution in [-0.4, -0.2) is 108 Å². The monoisotopic (exact) mass is 352 g/mol. The van der Waals surface area contributed by atoms with Gasteiger partial charge in [-0.05, 0) is 41.5 Å². The van der Waals surface area contributed by atoms with Crippen LogP contribution in [0.1, 0.15) is 41.5 Å². The van der Waals surface area contributed by atoms with Gasteiger partial charge in [0.05, 0.1) is 19.3 Å². The van der Waals surface area contributed by atoms with Crippen molar-refractivity contribution in [3.63, 3.8) is 0 Å². The summed E-state index contributed by atoms with van der Waals surface area (Å²) >= 11 is 0. The zero-order valence-electron chi connectivity index (χ0n) is 17.4. The first-order chi connectivity index (χ1) is 11.8. The lowest BCUT2D eigenvalue weighted by molar-refractivity contribution is -0.105. The third-order valence-electron chi connectivity index (χ3n) is 6.74. The number of hydrogen-bond acceptors (Lipinski definition) is 5. The Morgan fingerprint density at radius 2 is 1.68 bits per heavy atom. The van der Waals surface area contributed by atoms with Crippen LogP contribution in [0.4, 0.5) is 0 Å². The van der Waals surface area contributed by atoms with E-state index in [1.165, 1.54) is 45.8 Å². The van der Waals surface area contributed by atoms with Crippen LogP contribution in [0.2, 0.25) is 0 Å². The van der Waals surface area contributed by atoms with Crippen LogP contribution in [0.3, 0.4) is 0 Å². The molecule has 0 amide bonds. The minimum atomic E-state index is 0.241. The van der Waals surface area contributed by atoms with E-state index in [1.807, 2.05) is 0 Å². The maximum Gasteiger partial charge on any atom is 0.0645 e. The van der Waals surface area contributed by atoms with Crippen LogP contribution in [0.5, 0.6) is 0 Å². The van der Waals surface area contributed by atoms with Gasteiger partial charge in [-0.3, -0.25) is 19.6 Å². The normalized spacial score (nSPS) is 32.3. The van der Waals surface area contributed by atoms with Gasteiger partial charge in [0.1, 0.15) is 0 Å². The summed E-state index contributed by atoms with van der Waals surface area (Å²) in [5.74, 6) is 0. The van der Waals surface area contributed by atoms with Crippen LogP contribution in [0, 0.1) is 0 Å². The number of piperazine rings is 2. The summed E-state index contributed by atoms with van der Waals surface area (Å²) in [6.07, 6.45) is 0. The molecular weight excluding hydrogens is 312 g/mol. The molecule has 0 bridgehead atoms. The molecule has 0 radical (unpaired) electrons. The first-order valence-corrected chi connectivity index (χ1v) is 10.3. The third-order valence-corrected chi connectivity index (χ3v) is 6.74. The zero-order chi connectivity index (χ0) is 18.2. The summed E-state index contributed by atoms with van der Waals surface area (Å²) in [5, 5.41) is 0. The molecule has 3 fully saturated rings. The fraction of sp³-hybridized carbons (Fsp3) is 1.00. The smallest absolute Gasteiger partial charge is 0.0645 e. The summed E-state index contributed by atoms with van der Waals surface area (Å²) in [4.78, 5) is 10.7. The maximum absolute atomic E-state index is 5.40. The molecule has 0 aromatic heterocycles. The van der Waals surface area contributed by atoms with Crippen LogP contribution < -0.4 is 0 Å². The number of nitrogens with zero attached hydrogens (tertiary/aromatic N) is 4. The Morgan fingerprint density at radius 1 is 0.960 bits per heavy atom. The summed E-state index contributed by atoms with van der Waals surface area (Å²) < 4.78 is 5.40. The Bertz CT molecular complexity index is 437. The van der Waals surface area contributed by atoms with E-state index in [1.54, 1.807) is 0 Å². The zero-order valence-corrected chi connectivity index (χ0v) is 17.4. The van der Waals surface area contributed by atoms with Crippen molar-refractivity contribution in [1.29, 1.82) is 0 Å². The van der Waals surface area contributed by atoms with Gasteiger partial charge in [-0.25, -0.2) is 0 Å². The van der Waals surface area contributed by atoms with Crippen LogP contribution >= 0.6 is 0 Å². The fourth-order valence-corrected chi connectivity index (χ4v) is 4.80. The molecule has 2 atom stereocenters. The van der Waals surface area contributed by atoms with Crippen molar-refractivity contribution in [3.05, 3.63) is 0 Å². The molecule has 0 aromatic carbocycles. The topological polar surface area (TPSA) is 22.2 Å². The molecule has 146 valence electrons. The largest absolute Gasteiger partial charge is 0.378 e. The molecule has 3 heterocycles. The predicted molar refractivity (Wildman–Crippen MR) is 104 cm³/mol. The van der Waals surface area contributed by atoms with Crippen molar-refractivity contribution >= 4 is 0 Å². The van der Waals surface area contributed by atoms with E-state index in [2.05, 4.69) is 61.1 Å². The molecule has 25 heavy (non-hydrogen) atoms. The van der Waals surface area contributed by atoms with Gasteiger partial charge >= 0.3 is 0 Å². The summed E-state index contributed by atoms with van der Waals surface area (Å²) in [5.41, 5.74) is 0.241. The van der Waals surface area contributed by atoms with Gasteiger partial charge in [-0.2, -0.15) is 0 Å². The first kappa shape index (κ1) is 19.6. The molecule has 3 rings (SSSR count). The fourth-order valence-electron chi connectivity index (χ4n) is 4.80. The van der Waals surface area contributed by atoms with Gasteiger partial charge in [0.15, 0.2) is 0 Å². The Labute approximate surface area is 155 Å². The van der Waals surface area contributed by atoms with Gasteiger partial charge in [0.25, 0.3) is 0 Å². The second kappa shape index (κ2) is 7.81. The second-order valence-corrected chi connectivity index (χ2v) is 9.44. The lowest BCUT2D eigenvalue weighted by Crippen LogP contribution is -2.66. The highest BCUT2D eigenvalue weighted by molar-refractivity contribution is 4.95. The van der Waals surface area contributed by atoms with Crippen molar-refractivity contribution in [2.24, 2.45) is 0 Å². The third kappa shape index (κ3) is 4.38. The number of hydrogen-bond donors (Lipinski definition) is 0. The molecular formula is C20H40N4O. The average Bonchev–Trinajstić information content (AvgIpc) is 2.49. The molecule has 5 heteroatoms. The maximum atomic E-state index is 5.40. The standard InChI is InChI=1S/C20H40N4O/c1-16(2)21-7-8-22(17(3)11-21)15-20(5,6)23-9-10-24(18(4)12-23)19-13-25-14-19/h16-19H,7-15H2,1-6H3/t17-,18+/m1/s1. The Kier molecular flexibility index (Phi) is 6.11. The number of ether oxygens (including phenoxy) is 1. The lowest BCUT2D eigenvalue weighted by atomic mass is 9.96. The van der Waals surface area contributed by atoms with Crippen molar-refractivity contribution in [1.82, 2.24) is 19.6 Å².